The molecule has 0 aromatic heterocycles. The lowest BCUT2D eigenvalue weighted by Crippen LogP contribution is -2.52. The Labute approximate surface area is 142 Å². The average molecular weight is 392 g/mol. The molecule has 0 saturated carbocycles. The normalized spacial score (nSPS) is 17.0. The summed E-state index contributed by atoms with van der Waals surface area (Å²) in [6.07, 6.45) is 0.00776. The van der Waals surface area contributed by atoms with Gasteiger partial charge in [0.2, 0.25) is 10.0 Å². The summed E-state index contributed by atoms with van der Waals surface area (Å²) in [6.45, 7) is 9.65. The highest BCUT2D eigenvalue weighted by Crippen LogP contribution is 2.27. The first-order valence-electron chi connectivity index (χ1n) is 7.45. The summed E-state index contributed by atoms with van der Waals surface area (Å²) in [5.74, 6) is 0.0273. The van der Waals surface area contributed by atoms with E-state index in [4.69, 9.17) is 0 Å². The van der Waals surface area contributed by atoms with Crippen LogP contribution in [-0.2, 0) is 10.0 Å². The fraction of sp³-hybridized carbons (Fsp3) is 0.625. The number of hydrogen-bond donors (Lipinski definition) is 2. The predicted octanol–water partition coefficient (Wildman–Crippen LogP) is 3.55. The highest BCUT2D eigenvalue weighted by atomic mass is 79.9. The van der Waals surface area contributed by atoms with E-state index in [9.17, 15) is 13.5 Å². The molecule has 0 bridgehead atoms. The van der Waals surface area contributed by atoms with Gasteiger partial charge in [0.25, 0.3) is 0 Å². The van der Waals surface area contributed by atoms with Crippen molar-refractivity contribution in [2.24, 2.45) is 11.3 Å². The van der Waals surface area contributed by atoms with E-state index in [0.717, 1.165) is 10.9 Å². The number of hydrogen-bond acceptors (Lipinski definition) is 3. The lowest BCUT2D eigenvalue weighted by Gasteiger charge is -2.36. The molecular formula is C16H26BrNO3S. The van der Waals surface area contributed by atoms with Crippen LogP contribution in [0.5, 0.6) is 0 Å². The van der Waals surface area contributed by atoms with Crippen LogP contribution in [0.1, 0.15) is 41.0 Å². The quantitative estimate of drug-likeness (QED) is 0.778. The fourth-order valence-electron chi connectivity index (χ4n) is 2.15. The van der Waals surface area contributed by atoms with Gasteiger partial charge in [0.15, 0.2) is 0 Å². The zero-order valence-electron chi connectivity index (χ0n) is 13.8. The minimum absolute atomic E-state index is 0.0273. The molecule has 126 valence electrons. The first kappa shape index (κ1) is 19.6. The van der Waals surface area contributed by atoms with Gasteiger partial charge in [-0.05, 0) is 35.6 Å². The predicted molar refractivity (Wildman–Crippen MR) is 93.2 cm³/mol. The highest BCUT2D eigenvalue weighted by Gasteiger charge is 2.36. The minimum atomic E-state index is -3.67. The summed E-state index contributed by atoms with van der Waals surface area (Å²) < 4.78 is 28.6. The van der Waals surface area contributed by atoms with Crippen LogP contribution in [0.15, 0.2) is 33.6 Å². The minimum Gasteiger partial charge on any atom is -0.391 e. The Morgan fingerprint density at radius 1 is 1.23 bits per heavy atom. The van der Waals surface area contributed by atoms with Crippen molar-refractivity contribution in [3.8, 4) is 0 Å². The summed E-state index contributed by atoms with van der Waals surface area (Å²) in [5, 5.41) is 10.6. The molecule has 0 aliphatic heterocycles. The van der Waals surface area contributed by atoms with Crippen LogP contribution in [0.4, 0.5) is 0 Å². The SMILES string of the molecule is CC[C@H](C)[C@H](NS(=O)(=O)c1ccc(Br)cc1)C(O)C(C)(C)C. The Kier molecular flexibility index (Phi) is 6.62. The fourth-order valence-corrected chi connectivity index (χ4v) is 3.76. The van der Waals surface area contributed by atoms with Crippen LogP contribution in [0.25, 0.3) is 0 Å². The van der Waals surface area contributed by atoms with Crippen molar-refractivity contribution >= 4 is 26.0 Å². The second-order valence-electron chi connectivity index (χ2n) is 6.80. The average Bonchev–Trinajstić information content (AvgIpc) is 2.42. The van der Waals surface area contributed by atoms with Gasteiger partial charge in [-0.3, -0.25) is 0 Å². The molecule has 2 N–H and O–H groups in total. The molecule has 22 heavy (non-hydrogen) atoms. The van der Waals surface area contributed by atoms with Crippen LogP contribution in [-0.4, -0.2) is 25.7 Å². The van der Waals surface area contributed by atoms with E-state index in [1.165, 1.54) is 0 Å². The van der Waals surface area contributed by atoms with Crippen LogP contribution in [0, 0.1) is 11.3 Å². The smallest absolute Gasteiger partial charge is 0.240 e. The van der Waals surface area contributed by atoms with Gasteiger partial charge in [0.05, 0.1) is 17.0 Å². The largest absolute Gasteiger partial charge is 0.391 e. The second-order valence-corrected chi connectivity index (χ2v) is 9.43. The van der Waals surface area contributed by atoms with Crippen LogP contribution >= 0.6 is 15.9 Å². The number of benzene rings is 1. The number of sulfonamides is 1. The van der Waals surface area contributed by atoms with E-state index in [1.807, 2.05) is 34.6 Å². The molecule has 0 spiro atoms. The number of nitrogens with one attached hydrogen (secondary N) is 1. The Bertz CT molecular complexity index is 578. The summed E-state index contributed by atoms with van der Waals surface area (Å²) in [6, 6.07) is 5.94. The van der Waals surface area contributed by atoms with E-state index < -0.39 is 27.6 Å². The van der Waals surface area contributed by atoms with Crippen molar-refractivity contribution in [1.29, 1.82) is 0 Å². The van der Waals surface area contributed by atoms with E-state index >= 15 is 0 Å². The van der Waals surface area contributed by atoms with E-state index in [2.05, 4.69) is 20.7 Å². The molecule has 4 nitrogen and oxygen atoms in total. The topological polar surface area (TPSA) is 66.4 Å². The Morgan fingerprint density at radius 3 is 2.14 bits per heavy atom. The molecular weight excluding hydrogens is 366 g/mol. The summed E-state index contributed by atoms with van der Waals surface area (Å²) >= 11 is 3.29. The molecule has 0 aliphatic carbocycles. The Balaban J connectivity index is 3.10. The summed E-state index contributed by atoms with van der Waals surface area (Å²) in [7, 11) is -3.67. The van der Waals surface area contributed by atoms with Gasteiger partial charge in [-0.1, -0.05) is 57.0 Å². The van der Waals surface area contributed by atoms with Crippen molar-refractivity contribution in [3.63, 3.8) is 0 Å². The Morgan fingerprint density at radius 2 is 1.73 bits per heavy atom. The van der Waals surface area contributed by atoms with Gasteiger partial charge in [0, 0.05) is 4.47 Å². The van der Waals surface area contributed by atoms with Gasteiger partial charge < -0.3 is 5.11 Å². The molecule has 3 atom stereocenters. The molecule has 1 rings (SSSR count). The third-order valence-corrected chi connectivity index (χ3v) is 5.90. The molecule has 0 aliphatic rings. The van der Waals surface area contributed by atoms with Crippen molar-refractivity contribution in [3.05, 3.63) is 28.7 Å². The van der Waals surface area contributed by atoms with Gasteiger partial charge >= 0.3 is 0 Å². The number of aliphatic hydroxyl groups excluding tert-OH is 1. The second kappa shape index (κ2) is 7.43. The lowest BCUT2D eigenvalue weighted by atomic mass is 9.80. The maximum atomic E-state index is 12.6. The first-order chi connectivity index (χ1) is 9.99. The molecule has 0 radical (unpaired) electrons. The standard InChI is InChI=1S/C16H26BrNO3S/c1-6-11(2)14(15(19)16(3,4)5)18-22(20,21)13-9-7-12(17)8-10-13/h7-11,14-15,18-19H,6H2,1-5H3/t11-,14-,15?/m0/s1. The maximum Gasteiger partial charge on any atom is 0.240 e. The number of aliphatic hydroxyl groups is 1. The molecule has 1 aromatic rings. The van der Waals surface area contributed by atoms with E-state index in [1.54, 1.807) is 24.3 Å². The highest BCUT2D eigenvalue weighted by molar-refractivity contribution is 9.10. The van der Waals surface area contributed by atoms with E-state index in [0.29, 0.717) is 0 Å². The van der Waals surface area contributed by atoms with Crippen molar-refractivity contribution < 1.29 is 13.5 Å². The van der Waals surface area contributed by atoms with Crippen LogP contribution in [0.3, 0.4) is 0 Å². The third-order valence-electron chi connectivity index (χ3n) is 3.90. The third kappa shape index (κ3) is 5.05. The van der Waals surface area contributed by atoms with Crippen molar-refractivity contribution in [2.45, 2.75) is 58.1 Å². The van der Waals surface area contributed by atoms with Crippen LogP contribution in [0.2, 0.25) is 0 Å². The summed E-state index contributed by atoms with van der Waals surface area (Å²) in [5.41, 5.74) is -0.406. The zero-order chi connectivity index (χ0) is 17.1. The number of halogens is 1. The van der Waals surface area contributed by atoms with Crippen molar-refractivity contribution in [1.82, 2.24) is 4.72 Å². The molecule has 1 aromatic carbocycles. The van der Waals surface area contributed by atoms with Gasteiger partial charge in [-0.25, -0.2) is 13.1 Å². The molecule has 0 amide bonds. The van der Waals surface area contributed by atoms with Gasteiger partial charge in [-0.2, -0.15) is 0 Å². The monoisotopic (exact) mass is 391 g/mol. The van der Waals surface area contributed by atoms with Crippen molar-refractivity contribution in [2.75, 3.05) is 0 Å². The van der Waals surface area contributed by atoms with Gasteiger partial charge in [-0.15, -0.1) is 0 Å². The molecule has 0 heterocycles. The maximum absolute atomic E-state index is 12.6. The molecule has 6 heteroatoms. The van der Waals surface area contributed by atoms with Gasteiger partial charge in [0.1, 0.15) is 0 Å². The first-order valence-corrected chi connectivity index (χ1v) is 9.72. The van der Waals surface area contributed by atoms with Crippen LogP contribution < -0.4 is 4.72 Å². The Hall–Kier alpha value is -0.430. The number of rotatable bonds is 6. The van der Waals surface area contributed by atoms with E-state index in [-0.39, 0.29) is 10.8 Å². The summed E-state index contributed by atoms with van der Waals surface area (Å²) in [4.78, 5) is 0.199. The molecule has 0 saturated heterocycles. The lowest BCUT2D eigenvalue weighted by molar-refractivity contribution is 0.0191. The zero-order valence-corrected chi connectivity index (χ0v) is 16.2. The molecule has 0 fully saturated rings. The molecule has 1 unspecified atom stereocenters.